The Bertz CT molecular complexity index is 488. The zero-order chi connectivity index (χ0) is 14.3. The maximum atomic E-state index is 11.2. The summed E-state index contributed by atoms with van der Waals surface area (Å²) in [6.45, 7) is 4.32. The predicted molar refractivity (Wildman–Crippen MR) is 79.2 cm³/mol. The molecule has 0 saturated carbocycles. The van der Waals surface area contributed by atoms with Crippen LogP contribution in [0.2, 0.25) is 0 Å². The molecule has 0 unspecified atom stereocenters. The minimum atomic E-state index is -2.92. The third-order valence-electron chi connectivity index (χ3n) is 2.77. The van der Waals surface area contributed by atoms with Gasteiger partial charge in [0.25, 0.3) is 0 Å². The van der Waals surface area contributed by atoms with Crippen molar-refractivity contribution in [2.45, 2.75) is 19.9 Å². The highest BCUT2D eigenvalue weighted by Gasteiger charge is 2.07. The van der Waals surface area contributed by atoms with Crippen LogP contribution in [0.4, 0.5) is 5.69 Å². The molecule has 1 aromatic heterocycles. The van der Waals surface area contributed by atoms with Crippen LogP contribution in [-0.4, -0.2) is 45.5 Å². The first-order valence-electron chi connectivity index (χ1n) is 6.47. The van der Waals surface area contributed by atoms with Crippen molar-refractivity contribution in [3.63, 3.8) is 0 Å². The average molecular weight is 285 g/mol. The Hall–Kier alpha value is -1.14. The number of aromatic nitrogens is 1. The molecule has 1 aromatic rings. The third-order valence-corrected chi connectivity index (χ3v) is 3.70. The monoisotopic (exact) mass is 285 g/mol. The lowest BCUT2D eigenvalue weighted by atomic mass is 10.3. The van der Waals surface area contributed by atoms with Crippen LogP contribution in [0.15, 0.2) is 18.3 Å². The van der Waals surface area contributed by atoms with Crippen LogP contribution < -0.4 is 10.2 Å². The average Bonchev–Trinajstić information content (AvgIpc) is 2.36. The summed E-state index contributed by atoms with van der Waals surface area (Å²) >= 11 is 0. The number of rotatable bonds is 8. The van der Waals surface area contributed by atoms with Gasteiger partial charge in [-0.05, 0) is 25.1 Å². The summed E-state index contributed by atoms with van der Waals surface area (Å²) in [7, 11) is -1.03. The van der Waals surface area contributed by atoms with Crippen molar-refractivity contribution in [3.05, 3.63) is 24.0 Å². The molecule has 0 aromatic carbocycles. The largest absolute Gasteiger partial charge is 0.373 e. The summed E-state index contributed by atoms with van der Waals surface area (Å²) in [6, 6.07) is 3.89. The summed E-state index contributed by atoms with van der Waals surface area (Å²) in [5, 5.41) is 3.30. The van der Waals surface area contributed by atoms with Gasteiger partial charge in [-0.1, -0.05) is 6.92 Å². The van der Waals surface area contributed by atoms with Crippen LogP contribution in [0.25, 0.3) is 0 Å². The lowest BCUT2D eigenvalue weighted by Crippen LogP contribution is -2.25. The van der Waals surface area contributed by atoms with Gasteiger partial charge in [-0.15, -0.1) is 0 Å². The van der Waals surface area contributed by atoms with Crippen molar-refractivity contribution in [3.8, 4) is 0 Å². The molecule has 0 atom stereocenters. The first kappa shape index (κ1) is 15.9. The van der Waals surface area contributed by atoms with E-state index in [1.165, 1.54) is 6.26 Å². The van der Waals surface area contributed by atoms with Crippen molar-refractivity contribution < 1.29 is 8.42 Å². The number of pyridine rings is 1. The Morgan fingerprint density at radius 1 is 1.42 bits per heavy atom. The predicted octanol–water partition coefficient (Wildman–Crippen LogP) is 1.06. The van der Waals surface area contributed by atoms with Gasteiger partial charge in [-0.25, -0.2) is 8.42 Å². The molecule has 1 N–H and O–H groups in total. The maximum Gasteiger partial charge on any atom is 0.149 e. The van der Waals surface area contributed by atoms with E-state index < -0.39 is 9.84 Å². The quantitative estimate of drug-likeness (QED) is 0.724. The highest BCUT2D eigenvalue weighted by molar-refractivity contribution is 7.90. The number of nitrogens with one attached hydrogen (secondary N) is 1. The van der Waals surface area contributed by atoms with Crippen molar-refractivity contribution in [1.82, 2.24) is 10.3 Å². The molecule has 5 nitrogen and oxygen atoms in total. The van der Waals surface area contributed by atoms with E-state index in [1.807, 2.05) is 24.1 Å². The molecule has 0 bridgehead atoms. The van der Waals surface area contributed by atoms with Gasteiger partial charge in [0, 0.05) is 38.3 Å². The van der Waals surface area contributed by atoms with E-state index in [-0.39, 0.29) is 5.75 Å². The molecular formula is C13H23N3O2S. The Morgan fingerprint density at radius 2 is 2.16 bits per heavy atom. The Balaban J connectivity index is 2.59. The number of hydrogen-bond donors (Lipinski definition) is 1. The Morgan fingerprint density at radius 3 is 2.79 bits per heavy atom. The van der Waals surface area contributed by atoms with Crippen LogP contribution >= 0.6 is 0 Å². The lowest BCUT2D eigenvalue weighted by Gasteiger charge is -2.19. The van der Waals surface area contributed by atoms with E-state index in [1.54, 1.807) is 6.20 Å². The van der Waals surface area contributed by atoms with Crippen LogP contribution in [0.3, 0.4) is 0 Å². The van der Waals surface area contributed by atoms with Crippen molar-refractivity contribution in [2.75, 3.05) is 37.0 Å². The van der Waals surface area contributed by atoms with Gasteiger partial charge < -0.3 is 10.2 Å². The van der Waals surface area contributed by atoms with E-state index in [0.29, 0.717) is 6.54 Å². The second-order valence-electron chi connectivity index (χ2n) is 4.73. The second-order valence-corrected chi connectivity index (χ2v) is 6.99. The fourth-order valence-corrected chi connectivity index (χ4v) is 2.23. The molecule has 0 radical (unpaired) electrons. The summed E-state index contributed by atoms with van der Waals surface area (Å²) in [5.41, 5.74) is 1.96. The van der Waals surface area contributed by atoms with E-state index in [0.717, 1.165) is 30.9 Å². The smallest absolute Gasteiger partial charge is 0.149 e. The maximum absolute atomic E-state index is 11.2. The molecule has 1 rings (SSSR count). The highest BCUT2D eigenvalue weighted by atomic mass is 32.2. The Labute approximate surface area is 116 Å². The standard InChI is InChI=1S/C13H23N3O2S/c1-4-6-14-11-12-10-13(5-7-15-12)16(2)8-9-19(3,17)18/h5,7,10,14H,4,6,8-9,11H2,1-3H3. The van der Waals surface area contributed by atoms with Gasteiger partial charge in [0.05, 0.1) is 11.4 Å². The van der Waals surface area contributed by atoms with Gasteiger partial charge in [0.15, 0.2) is 0 Å². The van der Waals surface area contributed by atoms with Gasteiger partial charge in [-0.2, -0.15) is 0 Å². The van der Waals surface area contributed by atoms with Gasteiger partial charge >= 0.3 is 0 Å². The molecule has 0 aliphatic carbocycles. The summed E-state index contributed by atoms with van der Waals surface area (Å²) < 4.78 is 22.3. The van der Waals surface area contributed by atoms with Gasteiger partial charge in [0.2, 0.25) is 0 Å². The summed E-state index contributed by atoms with van der Waals surface area (Å²) in [4.78, 5) is 6.23. The topological polar surface area (TPSA) is 62.3 Å². The highest BCUT2D eigenvalue weighted by Crippen LogP contribution is 2.12. The van der Waals surface area contributed by atoms with Crippen molar-refractivity contribution >= 4 is 15.5 Å². The number of nitrogens with zero attached hydrogens (tertiary/aromatic N) is 2. The molecule has 0 saturated heterocycles. The minimum Gasteiger partial charge on any atom is -0.373 e. The molecule has 0 aliphatic heterocycles. The molecule has 108 valence electrons. The van der Waals surface area contributed by atoms with E-state index in [9.17, 15) is 8.42 Å². The molecule has 19 heavy (non-hydrogen) atoms. The van der Waals surface area contributed by atoms with E-state index in [2.05, 4.69) is 17.2 Å². The zero-order valence-electron chi connectivity index (χ0n) is 11.9. The molecule has 0 amide bonds. The fourth-order valence-electron chi connectivity index (χ4n) is 1.62. The van der Waals surface area contributed by atoms with Crippen LogP contribution in [0, 0.1) is 0 Å². The second kappa shape index (κ2) is 7.45. The molecular weight excluding hydrogens is 262 g/mol. The lowest BCUT2D eigenvalue weighted by molar-refractivity contribution is 0.601. The SMILES string of the molecule is CCCNCc1cc(N(C)CCS(C)(=O)=O)ccn1. The fraction of sp³-hybridized carbons (Fsp3) is 0.615. The summed E-state index contributed by atoms with van der Waals surface area (Å²) in [5.74, 6) is 0.162. The minimum absolute atomic E-state index is 0.162. The number of hydrogen-bond acceptors (Lipinski definition) is 5. The Kier molecular flexibility index (Phi) is 6.24. The van der Waals surface area contributed by atoms with Crippen molar-refractivity contribution in [1.29, 1.82) is 0 Å². The van der Waals surface area contributed by atoms with Crippen LogP contribution in [0.1, 0.15) is 19.0 Å². The van der Waals surface area contributed by atoms with E-state index >= 15 is 0 Å². The number of sulfone groups is 1. The molecule has 0 fully saturated rings. The number of anilines is 1. The summed E-state index contributed by atoms with van der Waals surface area (Å²) in [6.07, 6.45) is 4.11. The molecule has 6 heteroatoms. The first-order valence-corrected chi connectivity index (χ1v) is 8.53. The molecule has 0 aliphatic rings. The van der Waals surface area contributed by atoms with Crippen molar-refractivity contribution in [2.24, 2.45) is 0 Å². The molecule has 0 spiro atoms. The third kappa shape index (κ3) is 6.54. The van der Waals surface area contributed by atoms with Crippen LogP contribution in [0.5, 0.6) is 0 Å². The van der Waals surface area contributed by atoms with E-state index in [4.69, 9.17) is 0 Å². The normalized spacial score (nSPS) is 11.5. The van der Waals surface area contributed by atoms with Gasteiger partial charge in [0.1, 0.15) is 9.84 Å². The van der Waals surface area contributed by atoms with Crippen LogP contribution in [-0.2, 0) is 16.4 Å². The zero-order valence-corrected chi connectivity index (χ0v) is 12.7. The first-order chi connectivity index (χ1) is 8.92. The van der Waals surface area contributed by atoms with Gasteiger partial charge in [-0.3, -0.25) is 4.98 Å². The molecule has 1 heterocycles.